The lowest BCUT2D eigenvalue weighted by molar-refractivity contribution is -0.132. The summed E-state index contributed by atoms with van der Waals surface area (Å²) in [5.41, 5.74) is 0.483. The Kier molecular flexibility index (Phi) is 11.1. The average Bonchev–Trinajstić information content (AvgIpc) is 3.23. The van der Waals surface area contributed by atoms with E-state index in [0.717, 1.165) is 5.56 Å². The third kappa shape index (κ3) is 10.2. The van der Waals surface area contributed by atoms with Gasteiger partial charge in [-0.05, 0) is 36.2 Å². The van der Waals surface area contributed by atoms with Gasteiger partial charge in [0, 0.05) is 12.5 Å². The maximum absolute atomic E-state index is 13.2. The third-order valence-corrected chi connectivity index (χ3v) is 6.08. The number of carbonyl (C=O) groups excluding carboxylic acids is 5. The van der Waals surface area contributed by atoms with Crippen LogP contribution in [-0.2, 0) is 30.5 Å². The van der Waals surface area contributed by atoms with Crippen LogP contribution in [0.25, 0.3) is 0 Å². The first-order valence-corrected chi connectivity index (χ1v) is 12.7. The van der Waals surface area contributed by atoms with Crippen LogP contribution >= 0.6 is 0 Å². The number of aldehydes is 1. The summed E-state index contributed by atoms with van der Waals surface area (Å²) in [4.78, 5) is 62.3. The topological polar surface area (TPSA) is 143 Å². The smallest absolute Gasteiger partial charge is 0.408 e. The largest absolute Gasteiger partial charge is 0.445 e. The second-order valence-corrected chi connectivity index (χ2v) is 11.0. The Labute approximate surface area is 218 Å². The molecule has 1 aliphatic rings. The van der Waals surface area contributed by atoms with Crippen LogP contribution in [-0.4, -0.2) is 54.8 Å². The highest BCUT2D eigenvalue weighted by molar-refractivity contribution is 5.92. The van der Waals surface area contributed by atoms with Crippen molar-refractivity contribution >= 4 is 30.1 Å². The van der Waals surface area contributed by atoms with Gasteiger partial charge in [0.2, 0.25) is 17.7 Å². The van der Waals surface area contributed by atoms with E-state index in [1.807, 2.05) is 51.1 Å². The van der Waals surface area contributed by atoms with Crippen LogP contribution in [0.5, 0.6) is 0 Å². The summed E-state index contributed by atoms with van der Waals surface area (Å²) in [6, 6.07) is 6.42. The van der Waals surface area contributed by atoms with Gasteiger partial charge in [-0.25, -0.2) is 4.79 Å². The number of hydrogen-bond donors (Lipinski definition) is 4. The Morgan fingerprint density at radius 2 is 1.76 bits per heavy atom. The molecule has 0 bridgehead atoms. The fourth-order valence-corrected chi connectivity index (χ4v) is 4.12. The van der Waals surface area contributed by atoms with E-state index in [1.54, 1.807) is 13.8 Å². The van der Waals surface area contributed by atoms with Crippen LogP contribution in [0.15, 0.2) is 30.3 Å². The SMILES string of the molecule is CC(C)[C@H](NC(=O)OCc1ccccc1)C(=O)N[C@@H](CC(C)(C)C)C(=O)N[C@H](C=O)C[C@@H]1CCNC1=O. The van der Waals surface area contributed by atoms with Crippen molar-refractivity contribution in [3.63, 3.8) is 0 Å². The molecule has 0 aromatic heterocycles. The van der Waals surface area contributed by atoms with E-state index in [2.05, 4.69) is 21.3 Å². The minimum absolute atomic E-state index is 0.0558. The first kappa shape index (κ1) is 29.8. The molecule has 1 aliphatic heterocycles. The van der Waals surface area contributed by atoms with Crippen molar-refractivity contribution in [1.82, 2.24) is 21.3 Å². The number of ether oxygens (including phenoxy) is 1. The van der Waals surface area contributed by atoms with Crippen LogP contribution in [0.1, 0.15) is 59.4 Å². The standard InChI is InChI=1S/C27H40N4O6/c1-17(2)22(31-26(36)37-16-18-9-7-6-8-10-18)25(35)30-21(14-27(3,4)5)24(34)29-20(15-32)13-19-11-12-28-23(19)33/h6-10,15,17,19-22H,11-14,16H2,1-5H3,(H,28,33)(H,29,34)(H,30,35)(H,31,36)/t19-,20-,21-,22-/m0/s1. The van der Waals surface area contributed by atoms with Gasteiger partial charge in [-0.1, -0.05) is 65.0 Å². The monoisotopic (exact) mass is 516 g/mol. The Morgan fingerprint density at radius 1 is 1.08 bits per heavy atom. The van der Waals surface area contributed by atoms with Crippen molar-refractivity contribution in [1.29, 1.82) is 0 Å². The summed E-state index contributed by atoms with van der Waals surface area (Å²) in [6.07, 6.45) is 0.957. The van der Waals surface area contributed by atoms with E-state index in [1.165, 1.54) is 0 Å². The molecule has 10 nitrogen and oxygen atoms in total. The summed E-state index contributed by atoms with van der Waals surface area (Å²) in [5, 5.41) is 10.7. The zero-order valence-electron chi connectivity index (χ0n) is 22.3. The van der Waals surface area contributed by atoms with Crippen molar-refractivity contribution < 1.29 is 28.7 Å². The first-order chi connectivity index (χ1) is 17.4. The van der Waals surface area contributed by atoms with E-state index in [-0.39, 0.29) is 36.2 Å². The molecule has 1 aromatic rings. The maximum Gasteiger partial charge on any atom is 0.408 e. The van der Waals surface area contributed by atoms with Crippen LogP contribution in [0.3, 0.4) is 0 Å². The second-order valence-electron chi connectivity index (χ2n) is 11.0. The van der Waals surface area contributed by atoms with Gasteiger partial charge in [0.05, 0.1) is 6.04 Å². The summed E-state index contributed by atoms with van der Waals surface area (Å²) >= 11 is 0. The molecule has 1 heterocycles. The van der Waals surface area contributed by atoms with Gasteiger partial charge in [0.15, 0.2) is 0 Å². The molecule has 4 atom stereocenters. The quantitative estimate of drug-likeness (QED) is 0.313. The van der Waals surface area contributed by atoms with Crippen molar-refractivity contribution in [3.05, 3.63) is 35.9 Å². The van der Waals surface area contributed by atoms with Gasteiger partial charge in [0.25, 0.3) is 0 Å². The molecule has 0 spiro atoms. The highest BCUT2D eigenvalue weighted by atomic mass is 16.5. The molecule has 204 valence electrons. The molecule has 37 heavy (non-hydrogen) atoms. The molecule has 0 unspecified atom stereocenters. The number of amides is 4. The minimum Gasteiger partial charge on any atom is -0.445 e. The zero-order valence-corrected chi connectivity index (χ0v) is 22.3. The van der Waals surface area contributed by atoms with Gasteiger partial charge in [-0.3, -0.25) is 14.4 Å². The summed E-state index contributed by atoms with van der Waals surface area (Å²) < 4.78 is 5.25. The minimum atomic E-state index is -0.948. The molecule has 0 saturated carbocycles. The molecule has 1 aromatic carbocycles. The lowest BCUT2D eigenvalue weighted by atomic mass is 9.87. The predicted molar refractivity (Wildman–Crippen MR) is 138 cm³/mol. The number of alkyl carbamates (subject to hydrolysis) is 1. The Hall–Kier alpha value is -3.43. The van der Waals surface area contributed by atoms with E-state index in [4.69, 9.17) is 4.74 Å². The number of benzene rings is 1. The first-order valence-electron chi connectivity index (χ1n) is 12.7. The van der Waals surface area contributed by atoms with E-state index >= 15 is 0 Å². The van der Waals surface area contributed by atoms with Gasteiger partial charge in [-0.2, -0.15) is 0 Å². The van der Waals surface area contributed by atoms with Gasteiger partial charge >= 0.3 is 6.09 Å². The molecule has 10 heteroatoms. The van der Waals surface area contributed by atoms with E-state index in [0.29, 0.717) is 25.7 Å². The van der Waals surface area contributed by atoms with E-state index in [9.17, 15) is 24.0 Å². The molecule has 4 amide bonds. The van der Waals surface area contributed by atoms with Crippen molar-refractivity contribution in [2.45, 2.75) is 78.6 Å². The second kappa shape index (κ2) is 13.8. The number of carbonyl (C=O) groups is 5. The Bertz CT molecular complexity index is 944. The number of rotatable bonds is 12. The molecular weight excluding hydrogens is 476 g/mol. The molecule has 2 rings (SSSR count). The number of nitrogens with one attached hydrogen (secondary N) is 4. The maximum atomic E-state index is 13.2. The highest BCUT2D eigenvalue weighted by Gasteiger charge is 2.33. The molecular formula is C27H40N4O6. The van der Waals surface area contributed by atoms with Gasteiger partial charge < -0.3 is 30.8 Å². The normalized spacial score (nSPS) is 17.8. The van der Waals surface area contributed by atoms with E-state index < -0.39 is 36.0 Å². The van der Waals surface area contributed by atoms with Crippen LogP contribution in [0, 0.1) is 17.3 Å². The van der Waals surface area contributed by atoms with Gasteiger partial charge in [0.1, 0.15) is 25.0 Å². The Balaban J connectivity index is 2.04. The fraction of sp³-hybridized carbons (Fsp3) is 0.593. The predicted octanol–water partition coefficient (Wildman–Crippen LogP) is 2.07. The van der Waals surface area contributed by atoms with Gasteiger partial charge in [-0.15, -0.1) is 0 Å². The molecule has 0 radical (unpaired) electrons. The summed E-state index contributed by atoms with van der Waals surface area (Å²) in [6.45, 7) is 9.94. The molecule has 4 N–H and O–H groups in total. The summed E-state index contributed by atoms with van der Waals surface area (Å²) in [5.74, 6) is -1.82. The van der Waals surface area contributed by atoms with Crippen LogP contribution in [0.4, 0.5) is 4.79 Å². The van der Waals surface area contributed by atoms with Crippen molar-refractivity contribution in [3.8, 4) is 0 Å². The zero-order chi connectivity index (χ0) is 27.6. The summed E-state index contributed by atoms with van der Waals surface area (Å²) in [7, 11) is 0. The Morgan fingerprint density at radius 3 is 2.30 bits per heavy atom. The van der Waals surface area contributed by atoms with Crippen molar-refractivity contribution in [2.75, 3.05) is 6.54 Å². The molecule has 1 saturated heterocycles. The average molecular weight is 517 g/mol. The van der Waals surface area contributed by atoms with Crippen LogP contribution in [0.2, 0.25) is 0 Å². The molecule has 1 fully saturated rings. The van der Waals surface area contributed by atoms with Crippen LogP contribution < -0.4 is 21.3 Å². The lowest BCUT2D eigenvalue weighted by Crippen LogP contribution is -2.57. The highest BCUT2D eigenvalue weighted by Crippen LogP contribution is 2.22. The number of hydrogen-bond acceptors (Lipinski definition) is 6. The lowest BCUT2D eigenvalue weighted by Gasteiger charge is -2.29. The third-order valence-electron chi connectivity index (χ3n) is 6.08. The van der Waals surface area contributed by atoms with Crippen molar-refractivity contribution in [2.24, 2.45) is 17.3 Å². The molecule has 0 aliphatic carbocycles. The fourth-order valence-electron chi connectivity index (χ4n) is 4.12.